The second-order valence-electron chi connectivity index (χ2n) is 3.52. The third kappa shape index (κ3) is 3.87. The van der Waals surface area contributed by atoms with E-state index >= 15 is 0 Å². The van der Waals surface area contributed by atoms with E-state index in [1.165, 1.54) is 23.5 Å². The van der Waals surface area contributed by atoms with E-state index in [-0.39, 0.29) is 11.3 Å². The molecule has 1 aromatic carbocycles. The van der Waals surface area contributed by atoms with Crippen molar-refractivity contribution in [3.8, 4) is 5.75 Å². The van der Waals surface area contributed by atoms with Crippen molar-refractivity contribution in [3.63, 3.8) is 0 Å². The van der Waals surface area contributed by atoms with Gasteiger partial charge in [0.15, 0.2) is 6.04 Å². The van der Waals surface area contributed by atoms with Gasteiger partial charge in [-0.25, -0.2) is 4.79 Å². The number of esters is 1. The highest BCUT2D eigenvalue weighted by Crippen LogP contribution is 2.22. The Bertz CT molecular complexity index is 487. The largest absolute Gasteiger partial charge is 0.508 e. The molecule has 104 valence electrons. The van der Waals surface area contributed by atoms with E-state index in [4.69, 9.17) is 0 Å². The number of phenols is 1. The topological polar surface area (TPSA) is 75.6 Å². The monoisotopic (exact) mass is 277 g/mol. The number of amides is 1. The summed E-state index contributed by atoms with van der Waals surface area (Å²) in [7, 11) is 0.970. The Morgan fingerprint density at radius 1 is 1.37 bits per heavy atom. The molecular weight excluding hydrogens is 267 g/mol. The molecule has 19 heavy (non-hydrogen) atoms. The average Bonchev–Trinajstić information content (AvgIpc) is 2.33. The Morgan fingerprint density at radius 3 is 2.47 bits per heavy atom. The van der Waals surface area contributed by atoms with Crippen LogP contribution >= 0.6 is 0 Å². The second-order valence-corrected chi connectivity index (χ2v) is 3.52. The van der Waals surface area contributed by atoms with Crippen LogP contribution in [0.4, 0.5) is 13.2 Å². The van der Waals surface area contributed by atoms with Crippen molar-refractivity contribution in [3.05, 3.63) is 29.8 Å². The molecule has 1 atom stereocenters. The molecule has 0 saturated carbocycles. The van der Waals surface area contributed by atoms with Gasteiger partial charge >= 0.3 is 18.1 Å². The third-order valence-corrected chi connectivity index (χ3v) is 2.17. The minimum atomic E-state index is -5.12. The number of alkyl halides is 3. The molecule has 1 unspecified atom stereocenters. The second kappa shape index (κ2) is 5.59. The number of benzene rings is 1. The van der Waals surface area contributed by atoms with E-state index in [1.807, 2.05) is 0 Å². The highest BCUT2D eigenvalue weighted by molar-refractivity contribution is 5.88. The van der Waals surface area contributed by atoms with E-state index in [0.717, 1.165) is 13.2 Å². The Kier molecular flexibility index (Phi) is 4.36. The van der Waals surface area contributed by atoms with Crippen LogP contribution in [-0.4, -0.2) is 30.3 Å². The molecule has 1 rings (SSSR count). The molecule has 1 amide bonds. The molecule has 2 N–H and O–H groups in total. The molecule has 0 aliphatic heterocycles. The maximum atomic E-state index is 12.2. The first-order valence-corrected chi connectivity index (χ1v) is 5.00. The molecule has 0 radical (unpaired) electrons. The lowest BCUT2D eigenvalue weighted by molar-refractivity contribution is -0.175. The maximum absolute atomic E-state index is 12.2. The highest BCUT2D eigenvalue weighted by Gasteiger charge is 2.41. The van der Waals surface area contributed by atoms with Crippen molar-refractivity contribution in [2.75, 3.05) is 7.11 Å². The van der Waals surface area contributed by atoms with Crippen molar-refractivity contribution in [1.82, 2.24) is 5.32 Å². The molecule has 0 aromatic heterocycles. The SMILES string of the molecule is COC(=O)C(NC(=O)C(F)(F)F)c1cccc(O)c1. The number of ether oxygens (including phenoxy) is 1. The van der Waals surface area contributed by atoms with E-state index in [0.29, 0.717) is 0 Å². The lowest BCUT2D eigenvalue weighted by Gasteiger charge is -2.17. The molecule has 0 aliphatic carbocycles. The van der Waals surface area contributed by atoms with E-state index in [2.05, 4.69) is 4.74 Å². The summed E-state index contributed by atoms with van der Waals surface area (Å²) in [6, 6.07) is 3.27. The van der Waals surface area contributed by atoms with E-state index in [9.17, 15) is 27.9 Å². The number of phenolic OH excluding ortho intramolecular Hbond substituents is 1. The summed E-state index contributed by atoms with van der Waals surface area (Å²) in [5.41, 5.74) is -0.0237. The Labute approximate surface area is 106 Å². The number of hydrogen-bond acceptors (Lipinski definition) is 4. The van der Waals surface area contributed by atoms with Crippen LogP contribution in [0.15, 0.2) is 24.3 Å². The zero-order valence-electron chi connectivity index (χ0n) is 9.69. The van der Waals surface area contributed by atoms with Crippen molar-refractivity contribution >= 4 is 11.9 Å². The number of hydrogen-bond donors (Lipinski definition) is 2. The standard InChI is InChI=1S/C11H10F3NO4/c1-19-9(17)8(15-10(18)11(12,13)14)6-3-2-4-7(16)5-6/h2-5,8,16H,1H3,(H,15,18). The van der Waals surface area contributed by atoms with Crippen LogP contribution in [0, 0.1) is 0 Å². The van der Waals surface area contributed by atoms with Gasteiger partial charge in [0.25, 0.3) is 0 Å². The Balaban J connectivity index is 3.03. The summed E-state index contributed by atoms with van der Waals surface area (Å²) in [6.07, 6.45) is -5.12. The van der Waals surface area contributed by atoms with Gasteiger partial charge in [0.05, 0.1) is 7.11 Å². The van der Waals surface area contributed by atoms with Crippen molar-refractivity contribution < 1.29 is 32.6 Å². The quantitative estimate of drug-likeness (QED) is 0.816. The van der Waals surface area contributed by atoms with E-state index < -0.39 is 24.1 Å². The number of nitrogens with one attached hydrogen (secondary N) is 1. The van der Waals surface area contributed by atoms with Crippen LogP contribution in [0.1, 0.15) is 11.6 Å². The van der Waals surface area contributed by atoms with Crippen LogP contribution in [0.25, 0.3) is 0 Å². The molecular formula is C11H10F3NO4. The maximum Gasteiger partial charge on any atom is 0.471 e. The fourth-order valence-corrected chi connectivity index (χ4v) is 1.31. The van der Waals surface area contributed by atoms with E-state index in [1.54, 1.807) is 0 Å². The van der Waals surface area contributed by atoms with Crippen LogP contribution in [0.5, 0.6) is 5.75 Å². The van der Waals surface area contributed by atoms with Gasteiger partial charge in [-0.2, -0.15) is 13.2 Å². The summed E-state index contributed by atoms with van der Waals surface area (Å²) < 4.78 is 40.8. The smallest absolute Gasteiger partial charge is 0.471 e. The lowest BCUT2D eigenvalue weighted by Crippen LogP contribution is -2.42. The van der Waals surface area contributed by atoms with Gasteiger partial charge < -0.3 is 15.2 Å². The first-order valence-electron chi connectivity index (χ1n) is 5.00. The lowest BCUT2D eigenvalue weighted by atomic mass is 10.1. The molecule has 5 nitrogen and oxygen atoms in total. The van der Waals surface area contributed by atoms with Gasteiger partial charge in [-0.1, -0.05) is 12.1 Å². The van der Waals surface area contributed by atoms with Gasteiger partial charge in [0, 0.05) is 0 Å². The molecule has 8 heteroatoms. The predicted molar refractivity (Wildman–Crippen MR) is 57.1 cm³/mol. The third-order valence-electron chi connectivity index (χ3n) is 2.17. The van der Waals surface area contributed by atoms with Crippen LogP contribution in [-0.2, 0) is 14.3 Å². The number of carbonyl (C=O) groups is 2. The number of methoxy groups -OCH3 is 1. The van der Waals surface area contributed by atoms with Gasteiger partial charge in [-0.15, -0.1) is 0 Å². The minimum Gasteiger partial charge on any atom is -0.508 e. The summed E-state index contributed by atoms with van der Waals surface area (Å²) >= 11 is 0. The van der Waals surface area contributed by atoms with Crippen LogP contribution in [0.2, 0.25) is 0 Å². The summed E-state index contributed by atoms with van der Waals surface area (Å²) in [5.74, 6) is -3.61. The van der Waals surface area contributed by atoms with Crippen molar-refractivity contribution in [2.24, 2.45) is 0 Å². The van der Waals surface area contributed by atoms with Gasteiger partial charge in [-0.05, 0) is 17.7 Å². The zero-order valence-corrected chi connectivity index (χ0v) is 9.69. The summed E-state index contributed by atoms with van der Waals surface area (Å²) in [5, 5.41) is 10.7. The highest BCUT2D eigenvalue weighted by atomic mass is 19.4. The number of rotatable bonds is 3. The van der Waals surface area contributed by atoms with Crippen molar-refractivity contribution in [2.45, 2.75) is 12.2 Å². The molecule has 1 aromatic rings. The first kappa shape index (κ1) is 14.8. The normalized spacial score (nSPS) is 12.6. The predicted octanol–water partition coefficient (Wildman–Crippen LogP) is 1.28. The summed E-state index contributed by atoms with van der Waals surface area (Å²) in [6.45, 7) is 0. The van der Waals surface area contributed by atoms with Gasteiger partial charge in [0.2, 0.25) is 0 Å². The number of halogens is 3. The molecule has 0 saturated heterocycles. The molecule has 0 fully saturated rings. The molecule has 0 bridgehead atoms. The Morgan fingerprint density at radius 2 is 2.00 bits per heavy atom. The fraction of sp³-hybridized carbons (Fsp3) is 0.273. The average molecular weight is 277 g/mol. The minimum absolute atomic E-state index is 0.0237. The molecule has 0 heterocycles. The molecule has 0 aliphatic rings. The fourth-order valence-electron chi connectivity index (χ4n) is 1.31. The van der Waals surface area contributed by atoms with Crippen molar-refractivity contribution in [1.29, 1.82) is 0 Å². The first-order chi connectivity index (χ1) is 8.75. The number of carbonyl (C=O) groups excluding carboxylic acids is 2. The number of aromatic hydroxyl groups is 1. The molecule has 0 spiro atoms. The summed E-state index contributed by atoms with van der Waals surface area (Å²) in [4.78, 5) is 22.2. The zero-order chi connectivity index (χ0) is 14.6. The van der Waals surface area contributed by atoms with Gasteiger partial charge in [0.1, 0.15) is 5.75 Å². The van der Waals surface area contributed by atoms with Crippen LogP contribution in [0.3, 0.4) is 0 Å². The van der Waals surface area contributed by atoms with Gasteiger partial charge in [-0.3, -0.25) is 4.79 Å². The Hall–Kier alpha value is -2.25. The van der Waals surface area contributed by atoms with Crippen LogP contribution < -0.4 is 5.32 Å².